The van der Waals surface area contributed by atoms with Crippen LogP contribution in [-0.4, -0.2) is 23.2 Å². The van der Waals surface area contributed by atoms with Crippen molar-refractivity contribution >= 4 is 5.97 Å². The molecular weight excluding hydrogens is 238 g/mol. The molecule has 1 saturated carbocycles. The van der Waals surface area contributed by atoms with Gasteiger partial charge in [-0.2, -0.15) is 0 Å². The van der Waals surface area contributed by atoms with E-state index in [-0.39, 0.29) is 11.3 Å². The van der Waals surface area contributed by atoms with Crippen molar-refractivity contribution in [2.45, 2.75) is 65.0 Å². The molecule has 19 heavy (non-hydrogen) atoms. The van der Waals surface area contributed by atoms with Gasteiger partial charge in [0.2, 0.25) is 0 Å². The van der Waals surface area contributed by atoms with Crippen LogP contribution < -0.4 is 5.32 Å². The number of carbonyl (C=O) groups is 1. The molecule has 4 atom stereocenters. The molecule has 0 aromatic heterocycles. The van der Waals surface area contributed by atoms with E-state index >= 15 is 0 Å². The van der Waals surface area contributed by atoms with Crippen molar-refractivity contribution in [3.05, 3.63) is 12.2 Å². The molecule has 108 valence electrons. The Balaban J connectivity index is 2.02. The molecule has 0 radical (unpaired) electrons. The van der Waals surface area contributed by atoms with Crippen molar-refractivity contribution in [2.75, 3.05) is 0 Å². The fourth-order valence-electron chi connectivity index (χ4n) is 3.70. The molecule has 4 unspecified atom stereocenters. The predicted molar refractivity (Wildman–Crippen MR) is 77.0 cm³/mol. The zero-order valence-electron chi connectivity index (χ0n) is 12.4. The Hall–Kier alpha value is -0.830. The molecule has 3 nitrogen and oxygen atoms in total. The summed E-state index contributed by atoms with van der Waals surface area (Å²) in [6.07, 6.45) is 9.99. The van der Waals surface area contributed by atoms with Crippen LogP contribution in [0.5, 0.6) is 0 Å². The van der Waals surface area contributed by atoms with Crippen molar-refractivity contribution in [2.24, 2.45) is 17.3 Å². The minimum absolute atomic E-state index is 0.139. The Kier molecular flexibility index (Phi) is 4.34. The smallest absolute Gasteiger partial charge is 0.307 e. The molecule has 3 heteroatoms. The number of rotatable bonds is 3. The minimum Gasteiger partial charge on any atom is -0.481 e. The molecule has 2 aliphatic rings. The Bertz CT molecular complexity index is 362. The fourth-order valence-corrected chi connectivity index (χ4v) is 3.70. The van der Waals surface area contributed by atoms with Gasteiger partial charge in [-0.3, -0.25) is 4.79 Å². The van der Waals surface area contributed by atoms with E-state index in [1.165, 1.54) is 19.3 Å². The van der Waals surface area contributed by atoms with Gasteiger partial charge in [0.05, 0.1) is 5.92 Å². The van der Waals surface area contributed by atoms with Crippen LogP contribution in [0.25, 0.3) is 0 Å². The zero-order chi connectivity index (χ0) is 14.0. The van der Waals surface area contributed by atoms with Gasteiger partial charge in [0.15, 0.2) is 0 Å². The highest BCUT2D eigenvalue weighted by atomic mass is 16.4. The summed E-state index contributed by atoms with van der Waals surface area (Å²) < 4.78 is 0. The van der Waals surface area contributed by atoms with E-state index in [4.69, 9.17) is 0 Å². The molecular formula is C16H27NO2. The first-order valence-electron chi connectivity index (χ1n) is 7.58. The maximum absolute atomic E-state index is 11.4. The molecule has 0 aromatic carbocycles. The van der Waals surface area contributed by atoms with Crippen LogP contribution in [-0.2, 0) is 4.79 Å². The SMILES string of the molecule is CC1C(NC2C=CCCC2)CCC(C(=O)O)C1(C)C. The van der Waals surface area contributed by atoms with Gasteiger partial charge in [-0.05, 0) is 43.4 Å². The summed E-state index contributed by atoms with van der Waals surface area (Å²) in [7, 11) is 0. The molecule has 2 N–H and O–H groups in total. The van der Waals surface area contributed by atoms with Crippen molar-refractivity contribution in [3.8, 4) is 0 Å². The van der Waals surface area contributed by atoms with Crippen molar-refractivity contribution < 1.29 is 9.90 Å². The average molecular weight is 265 g/mol. The largest absolute Gasteiger partial charge is 0.481 e. The third kappa shape index (κ3) is 3.02. The summed E-state index contributed by atoms with van der Waals surface area (Å²) >= 11 is 0. The van der Waals surface area contributed by atoms with Gasteiger partial charge in [0.1, 0.15) is 0 Å². The lowest BCUT2D eigenvalue weighted by Gasteiger charge is -2.47. The number of hydrogen-bond acceptors (Lipinski definition) is 2. The molecule has 2 rings (SSSR count). The van der Waals surface area contributed by atoms with E-state index in [0.29, 0.717) is 18.0 Å². The number of nitrogens with one attached hydrogen (secondary N) is 1. The first-order chi connectivity index (χ1) is 8.93. The molecule has 1 fully saturated rings. The van der Waals surface area contributed by atoms with Gasteiger partial charge < -0.3 is 10.4 Å². The second-order valence-electron chi connectivity index (χ2n) is 6.82. The summed E-state index contributed by atoms with van der Waals surface area (Å²) in [5.74, 6) is -0.451. The highest BCUT2D eigenvalue weighted by Gasteiger charge is 2.46. The maximum atomic E-state index is 11.4. The van der Waals surface area contributed by atoms with Crippen LogP contribution in [0.1, 0.15) is 52.9 Å². The number of carboxylic acid groups (broad SMARTS) is 1. The van der Waals surface area contributed by atoms with Gasteiger partial charge in [-0.25, -0.2) is 0 Å². The molecule has 0 saturated heterocycles. The van der Waals surface area contributed by atoms with Gasteiger partial charge >= 0.3 is 5.97 Å². The van der Waals surface area contributed by atoms with Crippen LogP contribution in [0, 0.1) is 17.3 Å². The number of carboxylic acids is 1. The monoisotopic (exact) mass is 265 g/mol. The van der Waals surface area contributed by atoms with Crippen LogP contribution in [0.4, 0.5) is 0 Å². The van der Waals surface area contributed by atoms with Gasteiger partial charge in [0.25, 0.3) is 0 Å². The molecule has 0 aliphatic heterocycles. The van der Waals surface area contributed by atoms with Crippen molar-refractivity contribution in [1.82, 2.24) is 5.32 Å². The molecule has 0 bridgehead atoms. The van der Waals surface area contributed by atoms with Crippen LogP contribution >= 0.6 is 0 Å². The lowest BCUT2D eigenvalue weighted by molar-refractivity contribution is -0.150. The summed E-state index contributed by atoms with van der Waals surface area (Å²) in [4.78, 5) is 11.4. The quantitative estimate of drug-likeness (QED) is 0.770. The highest BCUT2D eigenvalue weighted by Crippen LogP contribution is 2.45. The Morgan fingerprint density at radius 2 is 2.05 bits per heavy atom. The number of allylic oxidation sites excluding steroid dienone is 1. The van der Waals surface area contributed by atoms with Crippen LogP contribution in [0.15, 0.2) is 12.2 Å². The average Bonchev–Trinajstić information content (AvgIpc) is 2.36. The van der Waals surface area contributed by atoms with E-state index in [2.05, 4.69) is 38.2 Å². The normalized spacial score (nSPS) is 38.1. The third-order valence-electron chi connectivity index (χ3n) is 5.42. The van der Waals surface area contributed by atoms with E-state index in [1.807, 2.05) is 0 Å². The van der Waals surface area contributed by atoms with E-state index in [1.54, 1.807) is 0 Å². The summed E-state index contributed by atoms with van der Waals surface area (Å²) in [5.41, 5.74) is -0.139. The zero-order valence-corrected chi connectivity index (χ0v) is 12.4. The van der Waals surface area contributed by atoms with Gasteiger partial charge in [0, 0.05) is 12.1 Å². The predicted octanol–water partition coefficient (Wildman–Crippen LogP) is 3.21. The lowest BCUT2D eigenvalue weighted by atomic mass is 9.61. The first kappa shape index (κ1) is 14.6. The Morgan fingerprint density at radius 1 is 1.32 bits per heavy atom. The Morgan fingerprint density at radius 3 is 2.63 bits per heavy atom. The van der Waals surface area contributed by atoms with E-state index in [9.17, 15) is 9.90 Å². The number of aliphatic carboxylic acids is 1. The van der Waals surface area contributed by atoms with Crippen molar-refractivity contribution in [1.29, 1.82) is 0 Å². The minimum atomic E-state index is -0.632. The van der Waals surface area contributed by atoms with Gasteiger partial charge in [-0.15, -0.1) is 0 Å². The molecule has 0 spiro atoms. The molecule has 0 heterocycles. The summed E-state index contributed by atoms with van der Waals surface area (Å²) in [6, 6.07) is 0.928. The first-order valence-corrected chi connectivity index (χ1v) is 7.58. The second-order valence-corrected chi connectivity index (χ2v) is 6.82. The summed E-state index contributed by atoms with van der Waals surface area (Å²) in [6.45, 7) is 6.43. The van der Waals surface area contributed by atoms with Crippen molar-refractivity contribution in [3.63, 3.8) is 0 Å². The lowest BCUT2D eigenvalue weighted by Crippen LogP contribution is -2.53. The summed E-state index contributed by atoms with van der Waals surface area (Å²) in [5, 5.41) is 13.1. The van der Waals surface area contributed by atoms with Crippen LogP contribution in [0.2, 0.25) is 0 Å². The standard InChI is InChI=1S/C16H27NO2/c1-11-14(17-12-7-5-4-6-8-12)10-9-13(15(18)19)16(11,2)3/h5,7,11-14,17H,4,6,8-10H2,1-3H3,(H,18,19). The maximum Gasteiger partial charge on any atom is 0.307 e. The Labute approximate surface area is 116 Å². The van der Waals surface area contributed by atoms with Crippen LogP contribution in [0.3, 0.4) is 0 Å². The molecule has 2 aliphatic carbocycles. The highest BCUT2D eigenvalue weighted by molar-refractivity contribution is 5.71. The van der Waals surface area contributed by atoms with E-state index in [0.717, 1.165) is 12.8 Å². The van der Waals surface area contributed by atoms with E-state index < -0.39 is 5.97 Å². The fraction of sp³-hybridized carbons (Fsp3) is 0.812. The van der Waals surface area contributed by atoms with Gasteiger partial charge in [-0.1, -0.05) is 32.9 Å². The topological polar surface area (TPSA) is 49.3 Å². The molecule has 0 amide bonds. The molecule has 0 aromatic rings. The number of hydrogen-bond donors (Lipinski definition) is 2. The third-order valence-corrected chi connectivity index (χ3v) is 5.42. The second kappa shape index (κ2) is 5.66.